The molecule has 5 heteroatoms. The molecule has 1 unspecified atom stereocenters. The molecule has 0 bridgehead atoms. The number of ether oxygens (including phenoxy) is 1. The number of rotatable bonds is 6. The van der Waals surface area contributed by atoms with Crippen LogP contribution in [0.3, 0.4) is 0 Å². The Morgan fingerprint density at radius 1 is 1.28 bits per heavy atom. The number of methoxy groups -OCH3 is 1. The van der Waals surface area contributed by atoms with Crippen molar-refractivity contribution in [3.05, 3.63) is 35.4 Å². The third-order valence-corrected chi connectivity index (χ3v) is 2.57. The Morgan fingerprint density at radius 2 is 1.83 bits per heavy atom. The molecule has 0 fully saturated rings. The molecule has 0 aliphatic carbocycles. The van der Waals surface area contributed by atoms with Gasteiger partial charge in [0.05, 0.1) is 6.42 Å². The normalized spacial score (nSPS) is 11.9. The number of hydrogen-bond acceptors (Lipinski definition) is 3. The molecular weight excluding hydrogens is 234 g/mol. The smallest absolute Gasteiger partial charge is 0.307 e. The van der Waals surface area contributed by atoms with E-state index in [0.717, 1.165) is 11.1 Å². The highest BCUT2D eigenvalue weighted by Gasteiger charge is 2.10. The summed E-state index contributed by atoms with van der Waals surface area (Å²) in [5, 5.41) is 11.4. The van der Waals surface area contributed by atoms with Crippen molar-refractivity contribution in [3.63, 3.8) is 0 Å². The fraction of sp³-hybridized carbons (Fsp3) is 0.385. The summed E-state index contributed by atoms with van der Waals surface area (Å²) in [6.45, 7) is 2.07. The number of amides is 1. The van der Waals surface area contributed by atoms with Crippen LogP contribution in [0.1, 0.15) is 18.1 Å². The van der Waals surface area contributed by atoms with Crippen LogP contribution in [0.2, 0.25) is 0 Å². The van der Waals surface area contributed by atoms with Gasteiger partial charge in [-0.05, 0) is 18.1 Å². The standard InChI is InChI=1S/C13H17NO4/c1-9(18-2)13(17)14-8-11-5-3-10(4-6-11)7-12(15)16/h3-6,9H,7-8H2,1-2H3,(H,14,17)(H,15,16). The van der Waals surface area contributed by atoms with E-state index >= 15 is 0 Å². The second-order valence-electron chi connectivity index (χ2n) is 3.98. The molecule has 1 aromatic carbocycles. The lowest BCUT2D eigenvalue weighted by Gasteiger charge is -2.10. The van der Waals surface area contributed by atoms with E-state index < -0.39 is 12.1 Å². The summed E-state index contributed by atoms with van der Waals surface area (Å²) in [6, 6.07) is 7.09. The quantitative estimate of drug-likeness (QED) is 0.789. The van der Waals surface area contributed by atoms with Crippen molar-refractivity contribution in [2.24, 2.45) is 0 Å². The topological polar surface area (TPSA) is 75.6 Å². The van der Waals surface area contributed by atoms with Crippen LogP contribution >= 0.6 is 0 Å². The van der Waals surface area contributed by atoms with E-state index in [9.17, 15) is 9.59 Å². The Morgan fingerprint density at radius 3 is 2.33 bits per heavy atom. The minimum Gasteiger partial charge on any atom is -0.481 e. The van der Waals surface area contributed by atoms with Gasteiger partial charge < -0.3 is 15.2 Å². The van der Waals surface area contributed by atoms with Gasteiger partial charge in [0, 0.05) is 13.7 Å². The molecule has 1 rings (SSSR count). The molecule has 0 spiro atoms. The molecule has 2 N–H and O–H groups in total. The highest BCUT2D eigenvalue weighted by Crippen LogP contribution is 2.05. The van der Waals surface area contributed by atoms with Crippen molar-refractivity contribution in [3.8, 4) is 0 Å². The van der Waals surface area contributed by atoms with Crippen molar-refractivity contribution in [1.82, 2.24) is 5.32 Å². The first kappa shape index (κ1) is 14.2. The third-order valence-electron chi connectivity index (χ3n) is 2.57. The minimum absolute atomic E-state index is 0.00729. The lowest BCUT2D eigenvalue weighted by atomic mass is 10.1. The van der Waals surface area contributed by atoms with Gasteiger partial charge in [0.25, 0.3) is 0 Å². The molecule has 18 heavy (non-hydrogen) atoms. The zero-order valence-corrected chi connectivity index (χ0v) is 10.5. The van der Waals surface area contributed by atoms with Crippen molar-refractivity contribution < 1.29 is 19.4 Å². The molecule has 0 radical (unpaired) electrons. The van der Waals surface area contributed by atoms with E-state index in [4.69, 9.17) is 9.84 Å². The highest BCUT2D eigenvalue weighted by atomic mass is 16.5. The van der Waals surface area contributed by atoms with Crippen molar-refractivity contribution in [2.45, 2.75) is 26.0 Å². The van der Waals surface area contributed by atoms with Crippen LogP contribution < -0.4 is 5.32 Å². The molecule has 0 heterocycles. The molecule has 0 aromatic heterocycles. The molecule has 1 amide bonds. The zero-order valence-electron chi connectivity index (χ0n) is 10.5. The maximum Gasteiger partial charge on any atom is 0.307 e. The first-order valence-corrected chi connectivity index (χ1v) is 5.63. The lowest BCUT2D eigenvalue weighted by Crippen LogP contribution is -2.33. The van der Waals surface area contributed by atoms with E-state index in [2.05, 4.69) is 5.32 Å². The van der Waals surface area contributed by atoms with E-state index in [-0.39, 0.29) is 12.3 Å². The van der Waals surface area contributed by atoms with Gasteiger partial charge in [-0.25, -0.2) is 0 Å². The van der Waals surface area contributed by atoms with E-state index in [1.54, 1.807) is 31.2 Å². The van der Waals surface area contributed by atoms with Crippen molar-refractivity contribution in [2.75, 3.05) is 7.11 Å². The van der Waals surface area contributed by atoms with Gasteiger partial charge in [-0.3, -0.25) is 9.59 Å². The number of aliphatic carboxylic acids is 1. The number of carboxylic acids is 1. The fourth-order valence-corrected chi connectivity index (χ4v) is 1.39. The maximum absolute atomic E-state index is 11.4. The number of carbonyl (C=O) groups is 2. The van der Waals surface area contributed by atoms with Crippen molar-refractivity contribution >= 4 is 11.9 Å². The number of nitrogens with one attached hydrogen (secondary N) is 1. The second-order valence-corrected chi connectivity index (χ2v) is 3.98. The number of carboxylic acid groups (broad SMARTS) is 1. The van der Waals surface area contributed by atoms with Crippen LogP contribution in [0.4, 0.5) is 0 Å². The average molecular weight is 251 g/mol. The summed E-state index contributed by atoms with van der Waals surface area (Å²) in [6.07, 6.45) is -0.468. The molecule has 98 valence electrons. The van der Waals surface area contributed by atoms with Gasteiger partial charge in [-0.1, -0.05) is 24.3 Å². The first-order valence-electron chi connectivity index (χ1n) is 5.63. The van der Waals surface area contributed by atoms with Gasteiger partial charge in [-0.2, -0.15) is 0 Å². The van der Waals surface area contributed by atoms with Gasteiger partial charge in [0.2, 0.25) is 5.91 Å². The Kier molecular flexibility index (Phi) is 5.32. The molecule has 0 saturated carbocycles. The van der Waals surface area contributed by atoms with Crippen LogP contribution in [0.25, 0.3) is 0 Å². The summed E-state index contributed by atoms with van der Waals surface area (Å²) in [5.41, 5.74) is 1.66. The van der Waals surface area contributed by atoms with Crippen molar-refractivity contribution in [1.29, 1.82) is 0 Å². The summed E-state index contributed by atoms with van der Waals surface area (Å²) >= 11 is 0. The Bertz CT molecular complexity index is 414. The lowest BCUT2D eigenvalue weighted by molar-refractivity contribution is -0.136. The monoisotopic (exact) mass is 251 g/mol. The predicted octanol–water partition coefficient (Wildman–Crippen LogP) is 0.965. The molecular formula is C13H17NO4. The zero-order chi connectivity index (χ0) is 13.5. The van der Waals surface area contributed by atoms with Crippen LogP contribution in [-0.2, 0) is 27.3 Å². The maximum atomic E-state index is 11.4. The molecule has 5 nitrogen and oxygen atoms in total. The molecule has 0 saturated heterocycles. The molecule has 1 aromatic rings. The SMILES string of the molecule is COC(C)C(=O)NCc1ccc(CC(=O)O)cc1. The van der Waals surface area contributed by atoms with E-state index in [1.807, 2.05) is 0 Å². The summed E-state index contributed by atoms with van der Waals surface area (Å²) in [5.74, 6) is -1.03. The first-order chi connectivity index (χ1) is 8.52. The van der Waals surface area contributed by atoms with Crippen LogP contribution in [0, 0.1) is 0 Å². The van der Waals surface area contributed by atoms with E-state index in [0.29, 0.717) is 6.54 Å². The van der Waals surface area contributed by atoms with Gasteiger partial charge in [0.1, 0.15) is 6.10 Å². The summed E-state index contributed by atoms with van der Waals surface area (Å²) in [4.78, 5) is 22.0. The predicted molar refractivity (Wildman–Crippen MR) is 66.1 cm³/mol. The summed E-state index contributed by atoms with van der Waals surface area (Å²) < 4.78 is 4.89. The Hall–Kier alpha value is -1.88. The Balaban J connectivity index is 2.49. The van der Waals surface area contributed by atoms with Gasteiger partial charge in [-0.15, -0.1) is 0 Å². The summed E-state index contributed by atoms with van der Waals surface area (Å²) in [7, 11) is 1.48. The van der Waals surface area contributed by atoms with Crippen LogP contribution in [0.15, 0.2) is 24.3 Å². The fourth-order valence-electron chi connectivity index (χ4n) is 1.39. The second kappa shape index (κ2) is 6.76. The Labute approximate surface area is 106 Å². The minimum atomic E-state index is -0.857. The largest absolute Gasteiger partial charge is 0.481 e. The van der Waals surface area contributed by atoms with E-state index in [1.165, 1.54) is 7.11 Å². The van der Waals surface area contributed by atoms with Crippen LogP contribution in [-0.4, -0.2) is 30.2 Å². The number of benzene rings is 1. The van der Waals surface area contributed by atoms with Gasteiger partial charge >= 0.3 is 5.97 Å². The third kappa shape index (κ3) is 4.55. The highest BCUT2D eigenvalue weighted by molar-refractivity contribution is 5.80. The number of carbonyl (C=O) groups excluding carboxylic acids is 1. The van der Waals surface area contributed by atoms with Crippen LogP contribution in [0.5, 0.6) is 0 Å². The van der Waals surface area contributed by atoms with Gasteiger partial charge in [0.15, 0.2) is 0 Å². The average Bonchev–Trinajstić information content (AvgIpc) is 2.36. The number of hydrogen-bond donors (Lipinski definition) is 2. The molecule has 1 atom stereocenters. The molecule has 0 aliphatic rings. The molecule has 0 aliphatic heterocycles.